The quantitative estimate of drug-likeness (QED) is 0.884. The second kappa shape index (κ2) is 7.19. The third kappa shape index (κ3) is 6.03. The third-order valence-corrected chi connectivity index (χ3v) is 2.79. The van der Waals surface area contributed by atoms with Crippen LogP contribution in [0.25, 0.3) is 0 Å². The first-order valence-corrected chi connectivity index (χ1v) is 6.68. The van der Waals surface area contributed by atoms with Crippen LogP contribution in [0.15, 0.2) is 47.1 Å². The number of hydrogen-bond acceptors (Lipinski definition) is 4. The first-order valence-electron chi connectivity index (χ1n) is 6.68. The zero-order valence-electron chi connectivity index (χ0n) is 12.3. The van der Waals surface area contributed by atoms with Crippen molar-refractivity contribution in [3.8, 4) is 5.75 Å². The van der Waals surface area contributed by atoms with E-state index in [0.29, 0.717) is 12.2 Å². The number of halogens is 3. The van der Waals surface area contributed by atoms with E-state index in [-0.39, 0.29) is 18.2 Å². The van der Waals surface area contributed by atoms with E-state index in [9.17, 15) is 18.0 Å². The van der Waals surface area contributed by atoms with Crippen LogP contribution in [0, 0.1) is 0 Å². The number of rotatable bonds is 6. The van der Waals surface area contributed by atoms with E-state index in [1.807, 2.05) is 0 Å². The number of carbonyl (C=O) groups excluding carboxylic acids is 1. The monoisotopic (exact) mass is 328 g/mol. The van der Waals surface area contributed by atoms with E-state index in [0.717, 1.165) is 17.9 Å². The molecule has 0 unspecified atom stereocenters. The number of carbonyl (C=O) groups is 1. The maximum absolute atomic E-state index is 12.0. The highest BCUT2D eigenvalue weighted by molar-refractivity contribution is 5.92. The van der Waals surface area contributed by atoms with Crippen LogP contribution >= 0.6 is 0 Å². The third-order valence-electron chi connectivity index (χ3n) is 2.79. The minimum atomic E-state index is -4.74. The molecule has 1 heterocycles. The molecule has 1 aromatic heterocycles. The molecule has 23 heavy (non-hydrogen) atoms. The Morgan fingerprint density at radius 1 is 1.26 bits per heavy atom. The molecule has 8 heteroatoms. The van der Waals surface area contributed by atoms with Crippen LogP contribution in [0.2, 0.25) is 0 Å². The van der Waals surface area contributed by atoms with Crippen molar-refractivity contribution in [1.82, 2.24) is 4.90 Å². The molecule has 0 fully saturated rings. The van der Waals surface area contributed by atoms with Crippen molar-refractivity contribution in [2.24, 2.45) is 0 Å². The normalized spacial score (nSPS) is 11.5. The second-order valence-electron chi connectivity index (χ2n) is 4.87. The lowest BCUT2D eigenvalue weighted by molar-refractivity contribution is -0.274. The number of anilines is 1. The fourth-order valence-corrected chi connectivity index (χ4v) is 1.91. The summed E-state index contributed by atoms with van der Waals surface area (Å²) in [5, 5.41) is 2.59. The van der Waals surface area contributed by atoms with Crippen molar-refractivity contribution in [3.63, 3.8) is 0 Å². The molecule has 2 aromatic rings. The molecule has 0 saturated heterocycles. The number of nitrogens with one attached hydrogen (secondary N) is 1. The highest BCUT2D eigenvalue weighted by Gasteiger charge is 2.30. The van der Waals surface area contributed by atoms with E-state index in [1.54, 1.807) is 30.3 Å². The number of likely N-dealkylation sites (N-methyl/N-ethyl adjacent to an activating group) is 1. The van der Waals surface area contributed by atoms with E-state index in [1.165, 1.54) is 12.1 Å². The predicted molar refractivity (Wildman–Crippen MR) is 76.8 cm³/mol. The molecule has 5 nitrogen and oxygen atoms in total. The lowest BCUT2D eigenvalue weighted by atomic mass is 10.3. The Labute approximate surface area is 130 Å². The summed E-state index contributed by atoms with van der Waals surface area (Å²) in [6.07, 6.45) is -3.19. The highest BCUT2D eigenvalue weighted by atomic mass is 19.4. The summed E-state index contributed by atoms with van der Waals surface area (Å²) in [6.45, 7) is 0.584. The number of furan rings is 1. The van der Waals surface area contributed by atoms with Crippen LogP contribution in [0.4, 0.5) is 18.9 Å². The molecule has 0 spiro atoms. The van der Waals surface area contributed by atoms with Gasteiger partial charge in [0.25, 0.3) is 0 Å². The minimum absolute atomic E-state index is 0.113. The first kappa shape index (κ1) is 16.9. The van der Waals surface area contributed by atoms with Gasteiger partial charge in [0.15, 0.2) is 0 Å². The average Bonchev–Trinajstić information content (AvgIpc) is 2.91. The number of alkyl halides is 3. The van der Waals surface area contributed by atoms with Crippen molar-refractivity contribution < 1.29 is 27.1 Å². The van der Waals surface area contributed by atoms with E-state index in [4.69, 9.17) is 4.42 Å². The topological polar surface area (TPSA) is 54.7 Å². The number of nitrogens with zero attached hydrogens (tertiary/aromatic N) is 1. The van der Waals surface area contributed by atoms with Gasteiger partial charge in [0.2, 0.25) is 5.91 Å². The van der Waals surface area contributed by atoms with Gasteiger partial charge in [-0.05, 0) is 43.4 Å². The van der Waals surface area contributed by atoms with Gasteiger partial charge < -0.3 is 14.5 Å². The molecule has 1 N–H and O–H groups in total. The lowest BCUT2D eigenvalue weighted by Crippen LogP contribution is -2.29. The Bertz CT molecular complexity index is 624. The fraction of sp³-hybridized carbons (Fsp3) is 0.267. The maximum atomic E-state index is 12.0. The van der Waals surface area contributed by atoms with Crippen molar-refractivity contribution in [2.75, 3.05) is 18.9 Å². The van der Waals surface area contributed by atoms with Crippen LogP contribution in [0.5, 0.6) is 5.75 Å². The number of amides is 1. The smallest absolute Gasteiger partial charge is 0.468 e. The largest absolute Gasteiger partial charge is 0.573 e. The number of hydrogen-bond donors (Lipinski definition) is 1. The van der Waals surface area contributed by atoms with Gasteiger partial charge in [-0.1, -0.05) is 0 Å². The first-order chi connectivity index (χ1) is 10.8. The summed E-state index contributed by atoms with van der Waals surface area (Å²) in [5.74, 6) is 0.0999. The molecule has 0 aliphatic rings. The van der Waals surface area contributed by atoms with Crippen LogP contribution in [-0.2, 0) is 11.3 Å². The van der Waals surface area contributed by atoms with Crippen molar-refractivity contribution in [3.05, 3.63) is 48.4 Å². The molecular formula is C15H15F3N2O3. The van der Waals surface area contributed by atoms with Crippen LogP contribution in [0.3, 0.4) is 0 Å². The highest BCUT2D eigenvalue weighted by Crippen LogP contribution is 2.23. The lowest BCUT2D eigenvalue weighted by Gasteiger charge is -2.15. The van der Waals surface area contributed by atoms with Crippen LogP contribution < -0.4 is 10.1 Å². The van der Waals surface area contributed by atoms with Gasteiger partial charge in [-0.15, -0.1) is 13.2 Å². The maximum Gasteiger partial charge on any atom is 0.573 e. The summed E-state index contributed by atoms with van der Waals surface area (Å²) < 4.78 is 45.1. The Morgan fingerprint density at radius 3 is 2.52 bits per heavy atom. The molecule has 1 amide bonds. The Morgan fingerprint density at radius 2 is 1.96 bits per heavy atom. The molecule has 1 aromatic carbocycles. The fourth-order valence-electron chi connectivity index (χ4n) is 1.91. The molecule has 0 saturated carbocycles. The van der Waals surface area contributed by atoms with Crippen molar-refractivity contribution >= 4 is 11.6 Å². The Balaban J connectivity index is 1.82. The molecule has 2 rings (SSSR count). The van der Waals surface area contributed by atoms with E-state index >= 15 is 0 Å². The van der Waals surface area contributed by atoms with Gasteiger partial charge in [-0.2, -0.15) is 0 Å². The average molecular weight is 328 g/mol. The minimum Gasteiger partial charge on any atom is -0.468 e. The molecule has 0 aliphatic heterocycles. The summed E-state index contributed by atoms with van der Waals surface area (Å²) in [4.78, 5) is 13.6. The SMILES string of the molecule is CN(CC(=O)Nc1ccc(OC(F)(F)F)cc1)Cc1ccco1. The van der Waals surface area contributed by atoms with Gasteiger partial charge in [0.1, 0.15) is 11.5 Å². The standard InChI is InChI=1S/C15H15F3N2O3/c1-20(9-13-3-2-8-22-13)10-14(21)19-11-4-6-12(7-5-11)23-15(16,17)18/h2-8H,9-10H2,1H3,(H,19,21). The van der Waals surface area contributed by atoms with Gasteiger partial charge in [0.05, 0.1) is 19.4 Å². The van der Waals surface area contributed by atoms with Gasteiger partial charge in [-0.3, -0.25) is 9.69 Å². The summed E-state index contributed by atoms with van der Waals surface area (Å²) >= 11 is 0. The Hall–Kier alpha value is -2.48. The molecule has 0 bridgehead atoms. The molecule has 0 radical (unpaired) electrons. The summed E-state index contributed by atoms with van der Waals surface area (Å²) in [7, 11) is 1.75. The van der Waals surface area contributed by atoms with Gasteiger partial charge in [0, 0.05) is 5.69 Å². The summed E-state index contributed by atoms with van der Waals surface area (Å²) in [6, 6.07) is 8.50. The molecule has 124 valence electrons. The number of ether oxygens (including phenoxy) is 1. The zero-order valence-corrected chi connectivity index (χ0v) is 12.3. The van der Waals surface area contributed by atoms with E-state index in [2.05, 4.69) is 10.1 Å². The van der Waals surface area contributed by atoms with E-state index < -0.39 is 6.36 Å². The van der Waals surface area contributed by atoms with Crippen LogP contribution in [-0.4, -0.2) is 30.8 Å². The van der Waals surface area contributed by atoms with Crippen LogP contribution in [0.1, 0.15) is 5.76 Å². The van der Waals surface area contributed by atoms with Gasteiger partial charge in [-0.25, -0.2) is 0 Å². The Kier molecular flexibility index (Phi) is 5.28. The molecule has 0 aliphatic carbocycles. The molecule has 0 atom stereocenters. The zero-order chi connectivity index (χ0) is 16.9. The van der Waals surface area contributed by atoms with Crippen molar-refractivity contribution in [2.45, 2.75) is 12.9 Å². The number of benzene rings is 1. The van der Waals surface area contributed by atoms with Gasteiger partial charge >= 0.3 is 6.36 Å². The predicted octanol–water partition coefficient (Wildman–Crippen LogP) is 3.25. The summed E-state index contributed by atoms with van der Waals surface area (Å²) in [5.41, 5.74) is 0.385. The van der Waals surface area contributed by atoms with Crippen molar-refractivity contribution in [1.29, 1.82) is 0 Å². The molecular weight excluding hydrogens is 313 g/mol. The second-order valence-corrected chi connectivity index (χ2v) is 4.87.